The van der Waals surface area contributed by atoms with E-state index in [1.807, 2.05) is 27.7 Å². The number of ether oxygens (including phenoxy) is 1. The Balaban J connectivity index is 4.71. The summed E-state index contributed by atoms with van der Waals surface area (Å²) in [6.45, 7) is 10.0. The van der Waals surface area contributed by atoms with Crippen LogP contribution in [0.5, 0.6) is 0 Å². The van der Waals surface area contributed by atoms with Gasteiger partial charge in [0, 0.05) is 18.5 Å². The van der Waals surface area contributed by atoms with E-state index in [4.69, 9.17) is 0 Å². The van der Waals surface area contributed by atoms with Gasteiger partial charge in [-0.15, -0.1) is 0 Å². The fourth-order valence-electron chi connectivity index (χ4n) is 1.61. The van der Waals surface area contributed by atoms with Gasteiger partial charge in [0.2, 0.25) is 5.91 Å². The Morgan fingerprint density at radius 3 is 2.06 bits per heavy atom. The third kappa shape index (κ3) is 4.75. The van der Waals surface area contributed by atoms with Gasteiger partial charge >= 0.3 is 5.97 Å². The third-order valence-electron chi connectivity index (χ3n) is 2.97. The van der Waals surface area contributed by atoms with Crippen molar-refractivity contribution in [2.45, 2.75) is 47.1 Å². The monoisotopic (exact) mass is 243 g/mol. The van der Waals surface area contributed by atoms with Crippen LogP contribution in [-0.2, 0) is 14.3 Å². The lowest BCUT2D eigenvalue weighted by molar-refractivity contribution is -0.147. The maximum atomic E-state index is 12.1. The number of rotatable bonds is 6. The van der Waals surface area contributed by atoms with Crippen molar-refractivity contribution < 1.29 is 14.3 Å². The highest BCUT2D eigenvalue weighted by Gasteiger charge is 2.26. The standard InChI is InChI=1S/C13H25NO3/c1-7-11(5)14(12(15)9(2)3)8-10(4)13(16)17-6/h9-11H,7-8H2,1-6H3. The van der Waals surface area contributed by atoms with Crippen molar-refractivity contribution in [1.82, 2.24) is 4.90 Å². The van der Waals surface area contributed by atoms with Gasteiger partial charge in [-0.05, 0) is 13.3 Å². The molecule has 0 bridgehead atoms. The van der Waals surface area contributed by atoms with Gasteiger partial charge in [0.15, 0.2) is 0 Å². The topological polar surface area (TPSA) is 46.6 Å². The molecule has 0 aromatic rings. The van der Waals surface area contributed by atoms with Gasteiger partial charge in [-0.25, -0.2) is 0 Å². The number of hydrogen-bond acceptors (Lipinski definition) is 3. The Morgan fingerprint density at radius 2 is 1.71 bits per heavy atom. The Labute approximate surface area is 104 Å². The molecule has 0 N–H and O–H groups in total. The molecule has 0 rings (SSSR count). The fraction of sp³-hybridized carbons (Fsp3) is 0.846. The zero-order chi connectivity index (χ0) is 13.6. The average Bonchev–Trinajstić information content (AvgIpc) is 2.32. The van der Waals surface area contributed by atoms with Crippen molar-refractivity contribution in [3.63, 3.8) is 0 Å². The number of carbonyl (C=O) groups excluding carboxylic acids is 2. The maximum Gasteiger partial charge on any atom is 0.310 e. The number of methoxy groups -OCH3 is 1. The molecule has 4 heteroatoms. The molecule has 2 unspecified atom stereocenters. The SMILES string of the molecule is CCC(C)N(CC(C)C(=O)OC)C(=O)C(C)C. The van der Waals surface area contributed by atoms with Crippen molar-refractivity contribution in [2.75, 3.05) is 13.7 Å². The molecule has 2 atom stereocenters. The Bertz CT molecular complexity index is 263. The van der Waals surface area contributed by atoms with Crippen molar-refractivity contribution >= 4 is 11.9 Å². The molecule has 17 heavy (non-hydrogen) atoms. The highest BCUT2D eigenvalue weighted by molar-refractivity contribution is 5.79. The van der Waals surface area contributed by atoms with Crippen LogP contribution in [0.1, 0.15) is 41.0 Å². The van der Waals surface area contributed by atoms with E-state index in [0.717, 1.165) is 6.42 Å². The van der Waals surface area contributed by atoms with Crippen molar-refractivity contribution in [3.8, 4) is 0 Å². The first-order valence-corrected chi connectivity index (χ1v) is 6.23. The second-order valence-corrected chi connectivity index (χ2v) is 4.83. The van der Waals surface area contributed by atoms with Crippen LogP contribution in [0.25, 0.3) is 0 Å². The van der Waals surface area contributed by atoms with Crippen molar-refractivity contribution in [1.29, 1.82) is 0 Å². The predicted octanol–water partition coefficient (Wildman–Crippen LogP) is 2.08. The number of nitrogens with zero attached hydrogens (tertiary/aromatic N) is 1. The van der Waals surface area contributed by atoms with Gasteiger partial charge < -0.3 is 9.64 Å². The smallest absolute Gasteiger partial charge is 0.310 e. The van der Waals surface area contributed by atoms with E-state index in [0.29, 0.717) is 6.54 Å². The molecule has 0 aliphatic rings. The summed E-state index contributed by atoms with van der Waals surface area (Å²) in [5, 5.41) is 0. The number of hydrogen-bond donors (Lipinski definition) is 0. The second kappa shape index (κ2) is 7.30. The van der Waals surface area contributed by atoms with E-state index < -0.39 is 0 Å². The summed E-state index contributed by atoms with van der Waals surface area (Å²) in [6, 6.07) is 0.150. The highest BCUT2D eigenvalue weighted by atomic mass is 16.5. The Kier molecular flexibility index (Phi) is 6.85. The fourth-order valence-corrected chi connectivity index (χ4v) is 1.61. The van der Waals surface area contributed by atoms with Crippen LogP contribution in [-0.4, -0.2) is 36.5 Å². The molecule has 0 aromatic carbocycles. The van der Waals surface area contributed by atoms with Crippen LogP contribution in [0.3, 0.4) is 0 Å². The van der Waals surface area contributed by atoms with Crippen molar-refractivity contribution in [3.05, 3.63) is 0 Å². The first kappa shape index (κ1) is 15.9. The van der Waals surface area contributed by atoms with Crippen LogP contribution in [0.15, 0.2) is 0 Å². The summed E-state index contributed by atoms with van der Waals surface area (Å²) >= 11 is 0. The van der Waals surface area contributed by atoms with E-state index in [1.54, 1.807) is 11.8 Å². The molecule has 0 saturated carbocycles. The first-order chi connectivity index (χ1) is 7.84. The minimum Gasteiger partial charge on any atom is -0.469 e. The average molecular weight is 243 g/mol. The van der Waals surface area contributed by atoms with Crippen LogP contribution < -0.4 is 0 Å². The minimum atomic E-state index is -0.281. The molecular formula is C13H25NO3. The van der Waals surface area contributed by atoms with Gasteiger partial charge in [0.05, 0.1) is 13.0 Å². The molecule has 0 aliphatic carbocycles. The van der Waals surface area contributed by atoms with Gasteiger partial charge in [-0.1, -0.05) is 27.7 Å². The van der Waals surface area contributed by atoms with E-state index in [-0.39, 0.29) is 29.8 Å². The largest absolute Gasteiger partial charge is 0.469 e. The third-order valence-corrected chi connectivity index (χ3v) is 2.97. The molecule has 0 radical (unpaired) electrons. The lowest BCUT2D eigenvalue weighted by atomic mass is 10.1. The van der Waals surface area contributed by atoms with E-state index >= 15 is 0 Å². The molecule has 0 aromatic heterocycles. The lowest BCUT2D eigenvalue weighted by Gasteiger charge is -2.31. The molecule has 1 amide bonds. The normalized spacial score (nSPS) is 14.3. The van der Waals surface area contributed by atoms with Gasteiger partial charge in [0.1, 0.15) is 0 Å². The highest BCUT2D eigenvalue weighted by Crippen LogP contribution is 2.13. The summed E-state index contributed by atoms with van der Waals surface area (Å²) in [6.07, 6.45) is 0.881. The quantitative estimate of drug-likeness (QED) is 0.671. The number of carbonyl (C=O) groups is 2. The summed E-state index contributed by atoms with van der Waals surface area (Å²) in [7, 11) is 1.37. The maximum absolute atomic E-state index is 12.1. The van der Waals surface area contributed by atoms with E-state index in [2.05, 4.69) is 4.74 Å². The Hall–Kier alpha value is -1.06. The molecule has 0 aliphatic heterocycles. The molecule has 100 valence electrons. The summed E-state index contributed by atoms with van der Waals surface area (Å²) in [5.74, 6) is -0.504. The molecule has 0 saturated heterocycles. The summed E-state index contributed by atoms with van der Waals surface area (Å²) in [5.41, 5.74) is 0. The molecule has 0 fully saturated rings. The van der Waals surface area contributed by atoms with E-state index in [1.165, 1.54) is 7.11 Å². The minimum absolute atomic E-state index is 0.0474. The van der Waals surface area contributed by atoms with Gasteiger partial charge in [-0.2, -0.15) is 0 Å². The summed E-state index contributed by atoms with van der Waals surface area (Å²) in [4.78, 5) is 25.2. The van der Waals surface area contributed by atoms with Crippen molar-refractivity contribution in [2.24, 2.45) is 11.8 Å². The summed E-state index contributed by atoms with van der Waals surface area (Å²) < 4.78 is 4.69. The Morgan fingerprint density at radius 1 is 1.18 bits per heavy atom. The zero-order valence-electron chi connectivity index (χ0n) is 11.8. The second-order valence-electron chi connectivity index (χ2n) is 4.83. The molecular weight excluding hydrogens is 218 g/mol. The lowest BCUT2D eigenvalue weighted by Crippen LogP contribution is -2.44. The van der Waals surface area contributed by atoms with Crippen LogP contribution >= 0.6 is 0 Å². The zero-order valence-corrected chi connectivity index (χ0v) is 11.8. The molecule has 4 nitrogen and oxygen atoms in total. The van der Waals surface area contributed by atoms with E-state index in [9.17, 15) is 9.59 Å². The molecule has 0 heterocycles. The molecule has 0 spiro atoms. The van der Waals surface area contributed by atoms with Gasteiger partial charge in [0.25, 0.3) is 0 Å². The number of amides is 1. The van der Waals surface area contributed by atoms with Crippen LogP contribution in [0.4, 0.5) is 0 Å². The number of esters is 1. The predicted molar refractivity (Wildman–Crippen MR) is 67.5 cm³/mol. The van der Waals surface area contributed by atoms with Gasteiger partial charge in [-0.3, -0.25) is 9.59 Å². The first-order valence-electron chi connectivity index (χ1n) is 6.23. The van der Waals surface area contributed by atoms with Crippen LogP contribution in [0.2, 0.25) is 0 Å². The van der Waals surface area contributed by atoms with Crippen LogP contribution in [0, 0.1) is 11.8 Å².